The van der Waals surface area contributed by atoms with Crippen molar-refractivity contribution in [2.24, 2.45) is 0 Å². The van der Waals surface area contributed by atoms with Crippen LogP contribution < -0.4 is 5.32 Å². The van der Waals surface area contributed by atoms with Gasteiger partial charge in [-0.25, -0.2) is 0 Å². The molecule has 0 fully saturated rings. The number of carbonyl (C=O) groups excluding carboxylic acids is 2. The van der Waals surface area contributed by atoms with E-state index in [0.29, 0.717) is 33.8 Å². The van der Waals surface area contributed by atoms with E-state index >= 15 is 0 Å². The topological polar surface area (TPSA) is 49.4 Å². The molecule has 0 aliphatic heterocycles. The Hall–Kier alpha value is -2.18. The summed E-state index contributed by atoms with van der Waals surface area (Å²) in [5, 5.41) is 4.58. The molecule has 0 unspecified atom stereocenters. The van der Waals surface area contributed by atoms with E-state index in [9.17, 15) is 9.59 Å². The van der Waals surface area contributed by atoms with Gasteiger partial charge in [0.1, 0.15) is 6.04 Å². The molecule has 184 valence electrons. The minimum atomic E-state index is -0.680. The van der Waals surface area contributed by atoms with Crippen LogP contribution in [0, 0.1) is 0 Å². The molecule has 8 heteroatoms. The average Bonchev–Trinajstić information content (AvgIpc) is 2.84. The maximum absolute atomic E-state index is 13.6. The summed E-state index contributed by atoms with van der Waals surface area (Å²) in [6.07, 6.45) is 0.399. The van der Waals surface area contributed by atoms with Gasteiger partial charge in [-0.15, -0.1) is 11.8 Å². The predicted molar refractivity (Wildman–Crippen MR) is 147 cm³/mol. The number of hydrogen-bond acceptors (Lipinski definition) is 3. The largest absolute Gasteiger partial charge is 0.355 e. The third-order valence-corrected chi connectivity index (χ3v) is 7.34. The summed E-state index contributed by atoms with van der Waals surface area (Å²) in [5.41, 5.74) is 2.66. The van der Waals surface area contributed by atoms with Gasteiger partial charge in [-0.2, -0.15) is 0 Å². The summed E-state index contributed by atoms with van der Waals surface area (Å²) < 4.78 is 0. The number of halogens is 3. The minimum absolute atomic E-state index is 0.146. The Morgan fingerprint density at radius 1 is 0.914 bits per heavy atom. The number of hydrogen-bond donors (Lipinski definition) is 1. The number of nitrogens with zero attached hydrogens (tertiary/aromatic N) is 1. The second kappa shape index (κ2) is 13.8. The van der Waals surface area contributed by atoms with Crippen LogP contribution in [0.3, 0.4) is 0 Å². The fraction of sp³-hybridized carbons (Fsp3) is 0.259. The van der Waals surface area contributed by atoms with Crippen molar-refractivity contribution in [3.8, 4) is 0 Å². The van der Waals surface area contributed by atoms with E-state index in [1.807, 2.05) is 61.5 Å². The molecule has 0 aliphatic rings. The summed E-state index contributed by atoms with van der Waals surface area (Å²) >= 11 is 20.1. The van der Waals surface area contributed by atoms with Gasteiger partial charge in [0, 0.05) is 40.3 Å². The summed E-state index contributed by atoms with van der Waals surface area (Å²) in [6, 6.07) is 21.7. The zero-order valence-electron chi connectivity index (χ0n) is 19.3. The van der Waals surface area contributed by atoms with Gasteiger partial charge in [0.05, 0.1) is 5.75 Å². The standard InChI is InChI=1S/C27H27Cl3N2O2S/c1-2-31-27(34)25(14-19-8-4-3-5-9-19)32(16-20-10-6-7-11-23(20)29)26(33)18-35-17-21-12-13-22(28)15-24(21)30/h3-13,15,25H,2,14,16-18H2,1H3,(H,31,34)/t25-/m0/s1. The van der Waals surface area contributed by atoms with E-state index in [0.717, 1.165) is 16.7 Å². The Kier molecular flexibility index (Phi) is 10.8. The monoisotopic (exact) mass is 548 g/mol. The molecule has 0 radical (unpaired) electrons. The smallest absolute Gasteiger partial charge is 0.243 e. The lowest BCUT2D eigenvalue weighted by molar-refractivity contribution is -0.139. The molecule has 0 spiro atoms. The van der Waals surface area contributed by atoms with Crippen molar-refractivity contribution in [2.45, 2.75) is 31.7 Å². The van der Waals surface area contributed by atoms with Gasteiger partial charge in [0.15, 0.2) is 0 Å². The fourth-order valence-corrected chi connectivity index (χ4v) is 5.29. The van der Waals surface area contributed by atoms with Crippen LogP contribution in [0.1, 0.15) is 23.6 Å². The van der Waals surface area contributed by atoms with E-state index in [2.05, 4.69) is 5.32 Å². The molecule has 0 saturated carbocycles. The van der Waals surface area contributed by atoms with Crippen LogP contribution in [0.25, 0.3) is 0 Å². The highest BCUT2D eigenvalue weighted by Gasteiger charge is 2.30. The Bertz CT molecular complexity index is 1140. The Balaban J connectivity index is 1.84. The molecule has 4 nitrogen and oxygen atoms in total. The number of nitrogens with one attached hydrogen (secondary N) is 1. The molecule has 1 atom stereocenters. The van der Waals surface area contributed by atoms with E-state index in [-0.39, 0.29) is 24.1 Å². The molecule has 0 saturated heterocycles. The SMILES string of the molecule is CCNC(=O)[C@H](Cc1ccccc1)N(Cc1ccccc1Cl)C(=O)CSCc1ccc(Cl)cc1Cl. The number of benzene rings is 3. The van der Waals surface area contributed by atoms with Crippen LogP contribution >= 0.6 is 46.6 Å². The summed E-state index contributed by atoms with van der Waals surface area (Å²) in [5.74, 6) is 0.398. The first-order valence-corrected chi connectivity index (χ1v) is 13.5. The van der Waals surface area contributed by atoms with Crippen molar-refractivity contribution < 1.29 is 9.59 Å². The first-order chi connectivity index (χ1) is 16.9. The van der Waals surface area contributed by atoms with Gasteiger partial charge in [-0.3, -0.25) is 9.59 Å². The summed E-state index contributed by atoms with van der Waals surface area (Å²) in [4.78, 5) is 28.4. The second-order valence-electron chi connectivity index (χ2n) is 7.94. The van der Waals surface area contributed by atoms with E-state index in [1.165, 1.54) is 11.8 Å². The van der Waals surface area contributed by atoms with Crippen LogP contribution in [0.2, 0.25) is 15.1 Å². The van der Waals surface area contributed by atoms with Gasteiger partial charge < -0.3 is 10.2 Å². The van der Waals surface area contributed by atoms with E-state index in [4.69, 9.17) is 34.8 Å². The average molecular weight is 550 g/mol. The fourth-order valence-electron chi connectivity index (χ4n) is 3.63. The Labute approximate surface area is 225 Å². The van der Waals surface area contributed by atoms with E-state index in [1.54, 1.807) is 23.1 Å². The van der Waals surface area contributed by atoms with Crippen molar-refractivity contribution in [1.29, 1.82) is 0 Å². The Morgan fingerprint density at radius 3 is 2.31 bits per heavy atom. The van der Waals surface area contributed by atoms with Crippen molar-refractivity contribution in [1.82, 2.24) is 10.2 Å². The van der Waals surface area contributed by atoms with Crippen molar-refractivity contribution >= 4 is 58.4 Å². The molecule has 3 rings (SSSR count). The number of carbonyl (C=O) groups is 2. The van der Waals surface area contributed by atoms with Crippen LogP contribution in [0.4, 0.5) is 0 Å². The van der Waals surface area contributed by atoms with Crippen LogP contribution in [-0.4, -0.2) is 35.1 Å². The first kappa shape index (κ1) is 27.4. The minimum Gasteiger partial charge on any atom is -0.355 e. The molecule has 35 heavy (non-hydrogen) atoms. The van der Waals surface area contributed by atoms with Crippen molar-refractivity contribution in [2.75, 3.05) is 12.3 Å². The lowest BCUT2D eigenvalue weighted by atomic mass is 10.0. The number of likely N-dealkylation sites (N-methyl/N-ethyl adjacent to an activating group) is 1. The summed E-state index contributed by atoms with van der Waals surface area (Å²) in [6.45, 7) is 2.57. The summed E-state index contributed by atoms with van der Waals surface area (Å²) in [7, 11) is 0. The van der Waals surface area contributed by atoms with Gasteiger partial charge >= 0.3 is 0 Å². The third kappa shape index (κ3) is 8.18. The highest BCUT2D eigenvalue weighted by molar-refractivity contribution is 7.99. The molecule has 0 aromatic heterocycles. The van der Waals surface area contributed by atoms with Crippen molar-refractivity contribution in [3.63, 3.8) is 0 Å². The van der Waals surface area contributed by atoms with Crippen LogP contribution in [0.5, 0.6) is 0 Å². The zero-order valence-corrected chi connectivity index (χ0v) is 22.4. The highest BCUT2D eigenvalue weighted by Crippen LogP contribution is 2.26. The predicted octanol–water partition coefficient (Wildman–Crippen LogP) is 6.66. The maximum Gasteiger partial charge on any atom is 0.243 e. The highest BCUT2D eigenvalue weighted by atomic mass is 35.5. The third-order valence-electron chi connectivity index (χ3n) is 5.42. The number of rotatable bonds is 11. The molecular weight excluding hydrogens is 523 g/mol. The van der Waals surface area contributed by atoms with E-state index < -0.39 is 6.04 Å². The molecule has 3 aromatic carbocycles. The molecule has 0 bridgehead atoms. The second-order valence-corrected chi connectivity index (χ2v) is 10.2. The lowest BCUT2D eigenvalue weighted by Crippen LogP contribution is -2.51. The quantitative estimate of drug-likeness (QED) is 0.291. The van der Waals surface area contributed by atoms with Gasteiger partial charge in [-0.05, 0) is 41.8 Å². The molecule has 2 amide bonds. The van der Waals surface area contributed by atoms with Crippen LogP contribution in [-0.2, 0) is 28.3 Å². The van der Waals surface area contributed by atoms with Gasteiger partial charge in [-0.1, -0.05) is 89.4 Å². The number of thioether (sulfide) groups is 1. The molecule has 0 heterocycles. The number of amides is 2. The zero-order chi connectivity index (χ0) is 25.2. The molecule has 3 aromatic rings. The molecule has 0 aliphatic carbocycles. The van der Waals surface area contributed by atoms with Crippen molar-refractivity contribution in [3.05, 3.63) is 105 Å². The maximum atomic E-state index is 13.6. The normalized spacial score (nSPS) is 11.7. The Morgan fingerprint density at radius 2 is 1.63 bits per heavy atom. The first-order valence-electron chi connectivity index (χ1n) is 11.2. The molecule has 1 N–H and O–H groups in total. The van der Waals surface area contributed by atoms with Gasteiger partial charge in [0.25, 0.3) is 0 Å². The van der Waals surface area contributed by atoms with Gasteiger partial charge in [0.2, 0.25) is 11.8 Å². The van der Waals surface area contributed by atoms with Crippen LogP contribution in [0.15, 0.2) is 72.8 Å². The lowest BCUT2D eigenvalue weighted by Gasteiger charge is -2.31. The molecular formula is C27H27Cl3N2O2S.